The van der Waals surface area contributed by atoms with Crippen LogP contribution in [-0.2, 0) is 19.2 Å². The Morgan fingerprint density at radius 2 is 0.960 bits per heavy atom. The van der Waals surface area contributed by atoms with Gasteiger partial charge in [-0.3, -0.25) is 19.2 Å². The minimum atomic E-state index is -0.924. The van der Waals surface area contributed by atoms with E-state index in [-0.39, 0.29) is 62.0 Å². The third-order valence-electron chi connectivity index (χ3n) is 5.86. The van der Waals surface area contributed by atoms with Crippen molar-refractivity contribution in [2.24, 2.45) is 28.1 Å². The molecule has 0 atom stereocenters. The van der Waals surface area contributed by atoms with Gasteiger partial charge in [0, 0.05) is 49.7 Å². The fourth-order valence-corrected chi connectivity index (χ4v) is 4.55. The van der Waals surface area contributed by atoms with Gasteiger partial charge in [0.25, 0.3) is 0 Å². The van der Waals surface area contributed by atoms with Gasteiger partial charge in [0.05, 0.1) is 11.8 Å². The van der Waals surface area contributed by atoms with E-state index < -0.39 is 28.1 Å². The molecule has 2 aliphatic rings. The summed E-state index contributed by atoms with van der Waals surface area (Å²) in [6.07, 6.45) is 0.0420. The number of aliphatic hydroxyl groups is 2. The second-order valence-corrected chi connectivity index (χ2v) is 9.23. The molecule has 0 aromatic heterocycles. The number of aliphatic hydroxyl groups excluding tert-OH is 2. The quantitative estimate of drug-likeness (QED) is 0.734. The zero-order chi connectivity index (χ0) is 19.2. The molecule has 2 aliphatic carbocycles. The molecule has 140 valence electrons. The molecule has 0 amide bonds. The summed E-state index contributed by atoms with van der Waals surface area (Å²) in [6.45, 7) is 6.11. The highest BCUT2D eigenvalue weighted by Gasteiger charge is 2.56. The summed E-state index contributed by atoms with van der Waals surface area (Å²) in [7, 11) is 0. The number of Topliss-reactive ketones (excluding diaryl/α,β-unsaturated/α-hetero) is 4. The molecule has 2 saturated carbocycles. The standard InChI is InChI=1S/C19H28O6/c1-17(2,9-20)15-11(22)5-19(6-12(15)23)7-13(24)16(14(25)8-19)18(3,4)10-21/h15-16,20-21H,5-10H2,1-4H3. The summed E-state index contributed by atoms with van der Waals surface area (Å²) in [4.78, 5) is 50.5. The van der Waals surface area contributed by atoms with Crippen LogP contribution in [-0.4, -0.2) is 46.6 Å². The molecule has 6 nitrogen and oxygen atoms in total. The number of carbonyl (C=O) groups is 4. The average molecular weight is 352 g/mol. The van der Waals surface area contributed by atoms with Crippen molar-refractivity contribution in [3.05, 3.63) is 0 Å². The Labute approximate surface area is 148 Å². The Balaban J connectivity index is 2.27. The molecule has 2 rings (SSSR count). The molecule has 0 aromatic rings. The topological polar surface area (TPSA) is 109 Å². The van der Waals surface area contributed by atoms with Gasteiger partial charge in [0.15, 0.2) is 0 Å². The van der Waals surface area contributed by atoms with Crippen LogP contribution in [0.15, 0.2) is 0 Å². The number of carbonyl (C=O) groups excluding carboxylic acids is 4. The maximum absolute atomic E-state index is 12.6. The van der Waals surface area contributed by atoms with Crippen LogP contribution >= 0.6 is 0 Å². The fraction of sp³-hybridized carbons (Fsp3) is 0.789. The monoisotopic (exact) mass is 352 g/mol. The first-order valence-electron chi connectivity index (χ1n) is 8.72. The number of hydrogen-bond donors (Lipinski definition) is 2. The van der Waals surface area contributed by atoms with Gasteiger partial charge in [-0.25, -0.2) is 0 Å². The molecule has 6 heteroatoms. The molecule has 0 radical (unpaired) electrons. The van der Waals surface area contributed by atoms with Crippen LogP contribution in [0.25, 0.3) is 0 Å². The number of hydrogen-bond acceptors (Lipinski definition) is 6. The highest BCUT2D eigenvalue weighted by molar-refractivity contribution is 6.10. The normalized spacial score (nSPS) is 31.8. The van der Waals surface area contributed by atoms with Crippen LogP contribution in [0.2, 0.25) is 0 Å². The predicted molar refractivity (Wildman–Crippen MR) is 89.6 cm³/mol. The molecule has 0 bridgehead atoms. The lowest BCUT2D eigenvalue weighted by atomic mass is 9.54. The molecular weight excluding hydrogens is 324 g/mol. The smallest absolute Gasteiger partial charge is 0.144 e. The molecule has 1 spiro atoms. The van der Waals surface area contributed by atoms with Gasteiger partial charge in [0.1, 0.15) is 23.1 Å². The predicted octanol–water partition coefficient (Wildman–Crippen LogP) is 1.11. The van der Waals surface area contributed by atoms with Gasteiger partial charge >= 0.3 is 0 Å². The first-order chi connectivity index (χ1) is 11.4. The largest absolute Gasteiger partial charge is 0.396 e. The number of rotatable bonds is 4. The maximum Gasteiger partial charge on any atom is 0.144 e. The van der Waals surface area contributed by atoms with E-state index in [0.29, 0.717) is 0 Å². The SMILES string of the molecule is CC(C)(CO)C1C(=O)CC2(CC1=O)CC(=O)C(C(C)(C)CO)C(=O)C2. The lowest BCUT2D eigenvalue weighted by Crippen LogP contribution is -2.54. The fourth-order valence-electron chi connectivity index (χ4n) is 4.55. The molecule has 0 aliphatic heterocycles. The molecule has 2 fully saturated rings. The van der Waals surface area contributed by atoms with Crippen LogP contribution in [0.3, 0.4) is 0 Å². The van der Waals surface area contributed by atoms with E-state index in [1.54, 1.807) is 27.7 Å². The summed E-state index contributed by atoms with van der Waals surface area (Å²) in [6, 6.07) is 0. The lowest BCUT2D eigenvalue weighted by molar-refractivity contribution is -0.154. The van der Waals surface area contributed by atoms with Crippen LogP contribution in [0.5, 0.6) is 0 Å². The van der Waals surface area contributed by atoms with Crippen molar-refractivity contribution in [2.75, 3.05) is 13.2 Å². The first-order valence-corrected chi connectivity index (χ1v) is 8.72. The summed E-state index contributed by atoms with van der Waals surface area (Å²) in [5, 5.41) is 19.0. The molecule has 0 heterocycles. The zero-order valence-corrected chi connectivity index (χ0v) is 15.4. The summed E-state index contributed by atoms with van der Waals surface area (Å²) in [5.41, 5.74) is -2.62. The average Bonchev–Trinajstić information content (AvgIpc) is 2.44. The molecule has 25 heavy (non-hydrogen) atoms. The molecule has 0 saturated heterocycles. The van der Waals surface area contributed by atoms with Crippen molar-refractivity contribution in [3.63, 3.8) is 0 Å². The van der Waals surface area contributed by atoms with Crippen molar-refractivity contribution in [1.82, 2.24) is 0 Å². The van der Waals surface area contributed by atoms with Crippen molar-refractivity contribution in [2.45, 2.75) is 53.4 Å². The highest BCUT2D eigenvalue weighted by atomic mass is 16.3. The third-order valence-corrected chi connectivity index (χ3v) is 5.86. The van der Waals surface area contributed by atoms with Gasteiger partial charge in [-0.15, -0.1) is 0 Å². The van der Waals surface area contributed by atoms with E-state index in [1.807, 2.05) is 0 Å². The molecule has 0 aromatic carbocycles. The summed E-state index contributed by atoms with van der Waals surface area (Å²) >= 11 is 0. The van der Waals surface area contributed by atoms with E-state index >= 15 is 0 Å². The Hall–Kier alpha value is -1.40. The highest BCUT2D eigenvalue weighted by Crippen LogP contribution is 2.50. The maximum atomic E-state index is 12.6. The first kappa shape index (κ1) is 19.9. The second kappa shape index (κ2) is 6.40. The minimum absolute atomic E-state index is 0.0105. The van der Waals surface area contributed by atoms with Crippen LogP contribution in [0, 0.1) is 28.1 Å². The molecule has 2 N–H and O–H groups in total. The van der Waals surface area contributed by atoms with Gasteiger partial charge < -0.3 is 10.2 Å². The summed E-state index contributed by atoms with van der Waals surface area (Å²) < 4.78 is 0. The van der Waals surface area contributed by atoms with E-state index in [1.165, 1.54) is 0 Å². The van der Waals surface area contributed by atoms with Gasteiger partial charge in [0.2, 0.25) is 0 Å². The molecular formula is C19H28O6. The second-order valence-electron chi connectivity index (χ2n) is 9.23. The van der Waals surface area contributed by atoms with Gasteiger partial charge in [-0.2, -0.15) is 0 Å². The lowest BCUT2D eigenvalue weighted by Gasteiger charge is -2.46. The van der Waals surface area contributed by atoms with E-state index in [2.05, 4.69) is 0 Å². The molecule has 0 unspecified atom stereocenters. The Bertz CT molecular complexity index is 522. The van der Waals surface area contributed by atoms with Crippen LogP contribution < -0.4 is 0 Å². The van der Waals surface area contributed by atoms with Crippen LogP contribution in [0.4, 0.5) is 0 Å². The van der Waals surface area contributed by atoms with E-state index in [0.717, 1.165) is 0 Å². The summed E-state index contributed by atoms with van der Waals surface area (Å²) in [5.74, 6) is -2.96. The van der Waals surface area contributed by atoms with Crippen molar-refractivity contribution in [1.29, 1.82) is 0 Å². The Morgan fingerprint density at radius 3 is 1.16 bits per heavy atom. The van der Waals surface area contributed by atoms with Crippen molar-refractivity contribution >= 4 is 23.1 Å². The Kier molecular flexibility index (Phi) is 5.10. The minimum Gasteiger partial charge on any atom is -0.396 e. The van der Waals surface area contributed by atoms with Crippen LogP contribution in [0.1, 0.15) is 53.4 Å². The van der Waals surface area contributed by atoms with E-state index in [4.69, 9.17) is 0 Å². The zero-order valence-electron chi connectivity index (χ0n) is 15.4. The number of ketones is 4. The third kappa shape index (κ3) is 3.47. The van der Waals surface area contributed by atoms with Gasteiger partial charge in [-0.05, 0) is 5.41 Å². The van der Waals surface area contributed by atoms with Crippen molar-refractivity contribution < 1.29 is 29.4 Å². The Morgan fingerprint density at radius 1 is 0.720 bits per heavy atom. The van der Waals surface area contributed by atoms with Gasteiger partial charge in [-0.1, -0.05) is 27.7 Å². The van der Waals surface area contributed by atoms with E-state index in [9.17, 15) is 29.4 Å². The van der Waals surface area contributed by atoms with Crippen molar-refractivity contribution in [3.8, 4) is 0 Å².